The van der Waals surface area contributed by atoms with Crippen molar-refractivity contribution in [3.05, 3.63) is 28.8 Å². The first-order chi connectivity index (χ1) is 9.58. The van der Waals surface area contributed by atoms with Gasteiger partial charge in [-0.1, -0.05) is 19.9 Å². The third-order valence-electron chi connectivity index (χ3n) is 4.29. The first kappa shape index (κ1) is 14.9. The van der Waals surface area contributed by atoms with Crippen molar-refractivity contribution in [3.8, 4) is 11.8 Å². The molecule has 3 heteroatoms. The van der Waals surface area contributed by atoms with Crippen LogP contribution in [0.5, 0.6) is 5.75 Å². The molecule has 0 fully saturated rings. The third-order valence-corrected chi connectivity index (χ3v) is 4.29. The van der Waals surface area contributed by atoms with Crippen molar-refractivity contribution < 1.29 is 4.74 Å². The Morgan fingerprint density at radius 2 is 2.00 bits per heavy atom. The summed E-state index contributed by atoms with van der Waals surface area (Å²) in [5.74, 6) is 0.897. The molecule has 1 aromatic rings. The van der Waals surface area contributed by atoms with Crippen LogP contribution in [0.15, 0.2) is 12.1 Å². The Bertz CT molecular complexity index is 529. The number of fused-ring (bicyclic) bond motifs is 1. The summed E-state index contributed by atoms with van der Waals surface area (Å²) < 4.78 is 5.93. The highest BCUT2D eigenvalue weighted by Crippen LogP contribution is 2.43. The summed E-state index contributed by atoms with van der Waals surface area (Å²) >= 11 is 0. The van der Waals surface area contributed by atoms with Crippen LogP contribution in [0.2, 0.25) is 0 Å². The molecule has 0 saturated heterocycles. The molecule has 1 heterocycles. The largest absolute Gasteiger partial charge is 0.493 e. The van der Waals surface area contributed by atoms with E-state index in [9.17, 15) is 5.26 Å². The number of benzene rings is 1. The molecule has 0 saturated carbocycles. The molecule has 0 spiro atoms. The topological polar surface area (TPSA) is 36.3 Å². The second-order valence-corrected chi connectivity index (χ2v) is 5.55. The molecule has 1 aliphatic rings. The lowest BCUT2D eigenvalue weighted by atomic mass is 9.81. The van der Waals surface area contributed by atoms with Crippen molar-refractivity contribution in [2.45, 2.75) is 46.1 Å². The maximum atomic E-state index is 9.99. The molecule has 108 valence electrons. The van der Waals surface area contributed by atoms with Crippen LogP contribution in [-0.4, -0.2) is 24.6 Å². The highest BCUT2D eigenvalue weighted by molar-refractivity contribution is 5.51. The Kier molecular flexibility index (Phi) is 4.35. The Balaban J connectivity index is 2.69. The first-order valence-electron chi connectivity index (χ1n) is 7.49. The zero-order chi connectivity index (χ0) is 14.8. The lowest BCUT2D eigenvalue weighted by Crippen LogP contribution is -2.45. The van der Waals surface area contributed by atoms with Crippen LogP contribution in [0.25, 0.3) is 0 Å². The Hall–Kier alpha value is -1.53. The highest BCUT2D eigenvalue weighted by Gasteiger charge is 2.42. The number of hydrogen-bond acceptors (Lipinski definition) is 3. The Morgan fingerprint density at radius 1 is 1.30 bits per heavy atom. The van der Waals surface area contributed by atoms with E-state index in [0.717, 1.165) is 42.8 Å². The average Bonchev–Trinajstić information content (AvgIpc) is 2.60. The lowest BCUT2D eigenvalue weighted by Gasteiger charge is -2.38. The van der Waals surface area contributed by atoms with E-state index in [4.69, 9.17) is 4.74 Å². The van der Waals surface area contributed by atoms with Gasteiger partial charge in [-0.2, -0.15) is 5.26 Å². The predicted octanol–water partition coefficient (Wildman–Crippen LogP) is 3.54. The van der Waals surface area contributed by atoms with E-state index in [-0.39, 0.29) is 0 Å². The van der Waals surface area contributed by atoms with Crippen LogP contribution in [0, 0.1) is 25.2 Å². The van der Waals surface area contributed by atoms with Gasteiger partial charge in [0.1, 0.15) is 11.3 Å². The van der Waals surface area contributed by atoms with E-state index in [1.807, 2.05) is 0 Å². The van der Waals surface area contributed by atoms with Crippen molar-refractivity contribution in [2.24, 2.45) is 0 Å². The second kappa shape index (κ2) is 5.85. The minimum atomic E-state index is -0.548. The number of rotatable bonds is 3. The minimum absolute atomic E-state index is 0.548. The smallest absolute Gasteiger partial charge is 0.138 e. The van der Waals surface area contributed by atoms with Gasteiger partial charge in [-0.3, -0.25) is 4.90 Å². The summed E-state index contributed by atoms with van der Waals surface area (Å²) in [6.45, 7) is 10.9. The molecule has 2 rings (SSSR count). The van der Waals surface area contributed by atoms with Gasteiger partial charge in [-0.25, -0.2) is 0 Å². The zero-order valence-electron chi connectivity index (χ0n) is 13.0. The summed E-state index contributed by atoms with van der Waals surface area (Å²) in [4.78, 5) is 2.27. The summed E-state index contributed by atoms with van der Waals surface area (Å²) in [5.41, 5.74) is 2.88. The van der Waals surface area contributed by atoms with Gasteiger partial charge in [0.2, 0.25) is 0 Å². The molecular weight excluding hydrogens is 248 g/mol. The molecule has 0 aliphatic carbocycles. The molecule has 3 nitrogen and oxygen atoms in total. The van der Waals surface area contributed by atoms with Crippen molar-refractivity contribution in [1.29, 1.82) is 5.26 Å². The first-order valence-corrected chi connectivity index (χ1v) is 7.49. The van der Waals surface area contributed by atoms with Gasteiger partial charge in [0.15, 0.2) is 0 Å². The fourth-order valence-electron chi connectivity index (χ4n) is 3.47. The van der Waals surface area contributed by atoms with Gasteiger partial charge in [0, 0.05) is 5.56 Å². The van der Waals surface area contributed by atoms with E-state index in [0.29, 0.717) is 6.61 Å². The molecule has 0 radical (unpaired) electrons. The van der Waals surface area contributed by atoms with Crippen LogP contribution in [0.3, 0.4) is 0 Å². The van der Waals surface area contributed by atoms with Gasteiger partial charge in [0.05, 0.1) is 12.7 Å². The van der Waals surface area contributed by atoms with E-state index >= 15 is 0 Å². The fraction of sp³-hybridized carbons (Fsp3) is 0.588. The fourth-order valence-corrected chi connectivity index (χ4v) is 3.47. The molecule has 20 heavy (non-hydrogen) atoms. The van der Waals surface area contributed by atoms with Gasteiger partial charge in [-0.15, -0.1) is 0 Å². The normalized spacial score (nSPS) is 21.8. The third kappa shape index (κ3) is 2.29. The van der Waals surface area contributed by atoms with Gasteiger partial charge < -0.3 is 4.74 Å². The number of hydrogen-bond donors (Lipinski definition) is 0. The number of ether oxygens (including phenoxy) is 1. The standard InChI is InChI=1S/C17H24N2O/c1-5-19(6-2)17(12-18)8-7-9-20-15-11-13(3)10-14(4)16(15)17/h10-11H,5-9H2,1-4H3. The summed E-state index contributed by atoms with van der Waals surface area (Å²) in [6, 6.07) is 6.85. The van der Waals surface area contributed by atoms with E-state index in [1.54, 1.807) is 0 Å². The number of nitrogens with zero attached hydrogens (tertiary/aromatic N) is 2. The molecule has 1 aromatic carbocycles. The van der Waals surface area contributed by atoms with Crippen molar-refractivity contribution in [3.63, 3.8) is 0 Å². The maximum absolute atomic E-state index is 9.99. The average molecular weight is 272 g/mol. The van der Waals surface area contributed by atoms with Crippen molar-refractivity contribution >= 4 is 0 Å². The number of aryl methyl sites for hydroxylation is 2. The number of nitriles is 1. The summed E-state index contributed by atoms with van der Waals surface area (Å²) in [7, 11) is 0. The molecule has 1 aliphatic heterocycles. The molecule has 1 atom stereocenters. The van der Waals surface area contributed by atoms with Gasteiger partial charge in [0.25, 0.3) is 0 Å². The van der Waals surface area contributed by atoms with Crippen LogP contribution in [0.1, 0.15) is 43.4 Å². The Morgan fingerprint density at radius 3 is 2.60 bits per heavy atom. The van der Waals surface area contributed by atoms with Crippen LogP contribution in [-0.2, 0) is 5.54 Å². The molecule has 1 unspecified atom stereocenters. The lowest BCUT2D eigenvalue weighted by molar-refractivity contribution is 0.141. The van der Waals surface area contributed by atoms with Crippen LogP contribution < -0.4 is 4.74 Å². The zero-order valence-corrected chi connectivity index (χ0v) is 13.0. The second-order valence-electron chi connectivity index (χ2n) is 5.55. The molecule has 0 bridgehead atoms. The quantitative estimate of drug-likeness (QED) is 0.844. The van der Waals surface area contributed by atoms with Crippen molar-refractivity contribution in [2.75, 3.05) is 19.7 Å². The monoisotopic (exact) mass is 272 g/mol. The summed E-state index contributed by atoms with van der Waals surface area (Å²) in [5, 5.41) is 9.99. The van der Waals surface area contributed by atoms with Gasteiger partial charge in [-0.05, 0) is 57.0 Å². The van der Waals surface area contributed by atoms with Gasteiger partial charge >= 0.3 is 0 Å². The molecule has 0 aromatic heterocycles. The van der Waals surface area contributed by atoms with E-state index in [1.165, 1.54) is 5.56 Å². The maximum Gasteiger partial charge on any atom is 0.138 e. The van der Waals surface area contributed by atoms with Crippen LogP contribution in [0.4, 0.5) is 0 Å². The minimum Gasteiger partial charge on any atom is -0.493 e. The predicted molar refractivity (Wildman–Crippen MR) is 80.9 cm³/mol. The summed E-state index contributed by atoms with van der Waals surface area (Å²) in [6.07, 6.45) is 1.75. The molecule has 0 N–H and O–H groups in total. The van der Waals surface area contributed by atoms with E-state index in [2.05, 4.69) is 50.8 Å². The highest BCUT2D eigenvalue weighted by atomic mass is 16.5. The molecular formula is C17H24N2O. The van der Waals surface area contributed by atoms with Crippen LogP contribution >= 0.6 is 0 Å². The van der Waals surface area contributed by atoms with Crippen molar-refractivity contribution in [1.82, 2.24) is 4.90 Å². The molecule has 0 amide bonds. The SMILES string of the molecule is CCN(CC)C1(C#N)CCCOc2cc(C)cc(C)c21. The van der Waals surface area contributed by atoms with E-state index < -0.39 is 5.54 Å². The Labute approximate surface area is 122 Å².